The summed E-state index contributed by atoms with van der Waals surface area (Å²) >= 11 is 0. The standard InChI is InChI=1S/C31H29NO5/c1-21-16-27(22(2)32(21)18-26-19-35-29-10-6-7-11-30(29)37-26)28(33)20-36-31(34)17-23-12-14-25(15-13-23)24-8-4-3-5-9-24/h3-16,26H,17-20H2,1-2H3. The van der Waals surface area contributed by atoms with Gasteiger partial charge in [0.05, 0.1) is 13.0 Å². The third-order valence-electron chi connectivity index (χ3n) is 6.60. The van der Waals surface area contributed by atoms with Crippen molar-refractivity contribution in [1.29, 1.82) is 0 Å². The lowest BCUT2D eigenvalue weighted by atomic mass is 10.0. The van der Waals surface area contributed by atoms with Gasteiger partial charge in [-0.1, -0.05) is 66.7 Å². The molecule has 1 aliphatic heterocycles. The molecule has 0 radical (unpaired) electrons. The maximum Gasteiger partial charge on any atom is 0.310 e. The van der Waals surface area contributed by atoms with Crippen LogP contribution in [0.25, 0.3) is 11.1 Å². The summed E-state index contributed by atoms with van der Waals surface area (Å²) in [5, 5.41) is 0. The first kappa shape index (κ1) is 24.4. The number of hydrogen-bond acceptors (Lipinski definition) is 5. The minimum Gasteiger partial charge on any atom is -0.486 e. The molecule has 0 saturated carbocycles. The van der Waals surface area contributed by atoms with E-state index in [-0.39, 0.29) is 24.9 Å². The van der Waals surface area contributed by atoms with Crippen LogP contribution in [0.15, 0.2) is 84.9 Å². The molecule has 0 bridgehead atoms. The number of carbonyl (C=O) groups is 2. The fraction of sp³-hybridized carbons (Fsp3) is 0.226. The number of nitrogens with zero attached hydrogens (tertiary/aromatic N) is 1. The Kier molecular flexibility index (Phi) is 7.08. The molecule has 0 fully saturated rings. The Labute approximate surface area is 216 Å². The zero-order chi connectivity index (χ0) is 25.8. The molecule has 1 aromatic heterocycles. The Morgan fingerprint density at radius 3 is 2.32 bits per heavy atom. The smallest absolute Gasteiger partial charge is 0.310 e. The molecule has 5 rings (SSSR count). The van der Waals surface area contributed by atoms with Gasteiger partial charge in [-0.2, -0.15) is 0 Å². The normalized spacial score (nSPS) is 14.3. The minimum absolute atomic E-state index is 0.113. The van der Waals surface area contributed by atoms with Crippen molar-refractivity contribution in [3.05, 3.63) is 107 Å². The van der Waals surface area contributed by atoms with E-state index in [1.54, 1.807) is 0 Å². The molecule has 1 atom stereocenters. The van der Waals surface area contributed by atoms with Crippen LogP contribution < -0.4 is 9.47 Å². The highest BCUT2D eigenvalue weighted by Gasteiger charge is 2.24. The summed E-state index contributed by atoms with van der Waals surface area (Å²) in [4.78, 5) is 25.3. The van der Waals surface area contributed by atoms with Crippen molar-refractivity contribution in [1.82, 2.24) is 4.57 Å². The first-order chi connectivity index (χ1) is 18.0. The molecular formula is C31H29NO5. The number of hydrogen-bond donors (Lipinski definition) is 0. The maximum atomic E-state index is 12.9. The SMILES string of the molecule is Cc1cc(C(=O)COC(=O)Cc2ccc(-c3ccccc3)cc2)c(C)n1CC1COc2ccccc2O1. The number of rotatable bonds is 8. The summed E-state index contributed by atoms with van der Waals surface area (Å²) in [6.07, 6.45) is -0.0595. The number of ether oxygens (including phenoxy) is 3. The van der Waals surface area contributed by atoms with Crippen molar-refractivity contribution in [2.24, 2.45) is 0 Å². The number of Topliss-reactive ketones (excluding diaryl/α,β-unsaturated/α-hetero) is 1. The van der Waals surface area contributed by atoms with Crippen LogP contribution in [0.4, 0.5) is 0 Å². The van der Waals surface area contributed by atoms with E-state index in [9.17, 15) is 9.59 Å². The predicted octanol–water partition coefficient (Wildman–Crippen LogP) is 5.58. The minimum atomic E-state index is -0.430. The van der Waals surface area contributed by atoms with Crippen LogP contribution in [0.3, 0.4) is 0 Å². The molecular weight excluding hydrogens is 466 g/mol. The Hall–Kier alpha value is -4.32. The lowest BCUT2D eigenvalue weighted by molar-refractivity contribution is -0.141. The van der Waals surface area contributed by atoms with Gasteiger partial charge in [-0.3, -0.25) is 9.59 Å². The number of para-hydroxylation sites is 2. The molecule has 3 aromatic carbocycles. The van der Waals surface area contributed by atoms with Crippen LogP contribution in [-0.4, -0.2) is 35.6 Å². The molecule has 1 unspecified atom stereocenters. The largest absolute Gasteiger partial charge is 0.486 e. The summed E-state index contributed by atoms with van der Waals surface area (Å²) in [6, 6.07) is 27.3. The molecule has 0 saturated heterocycles. The number of esters is 1. The van der Waals surface area contributed by atoms with E-state index < -0.39 is 5.97 Å². The highest BCUT2D eigenvalue weighted by atomic mass is 16.6. The third-order valence-corrected chi connectivity index (χ3v) is 6.60. The van der Waals surface area contributed by atoms with Gasteiger partial charge in [0, 0.05) is 17.0 Å². The first-order valence-electron chi connectivity index (χ1n) is 12.4. The number of aryl methyl sites for hydroxylation is 1. The van der Waals surface area contributed by atoms with Crippen molar-refractivity contribution in [2.45, 2.75) is 32.9 Å². The lowest BCUT2D eigenvalue weighted by Crippen LogP contribution is -2.33. The Morgan fingerprint density at radius 2 is 1.57 bits per heavy atom. The quantitative estimate of drug-likeness (QED) is 0.236. The summed E-state index contributed by atoms with van der Waals surface area (Å²) < 4.78 is 19.3. The van der Waals surface area contributed by atoms with Gasteiger partial charge in [-0.05, 0) is 48.7 Å². The number of carbonyl (C=O) groups excluding carboxylic acids is 2. The molecule has 188 valence electrons. The van der Waals surface area contributed by atoms with Gasteiger partial charge in [0.25, 0.3) is 0 Å². The molecule has 6 heteroatoms. The van der Waals surface area contributed by atoms with Crippen LogP contribution in [0, 0.1) is 13.8 Å². The van der Waals surface area contributed by atoms with Crippen LogP contribution >= 0.6 is 0 Å². The maximum absolute atomic E-state index is 12.9. The zero-order valence-electron chi connectivity index (χ0n) is 21.0. The van der Waals surface area contributed by atoms with Gasteiger partial charge < -0.3 is 18.8 Å². The number of aromatic nitrogens is 1. The fourth-order valence-corrected chi connectivity index (χ4v) is 4.61. The average molecular weight is 496 g/mol. The second-order valence-corrected chi connectivity index (χ2v) is 9.22. The highest BCUT2D eigenvalue weighted by molar-refractivity contribution is 5.99. The van der Waals surface area contributed by atoms with Gasteiger partial charge in [0.2, 0.25) is 5.78 Å². The molecule has 1 aliphatic rings. The van der Waals surface area contributed by atoms with Gasteiger partial charge in [-0.25, -0.2) is 0 Å². The summed E-state index contributed by atoms with van der Waals surface area (Å²) in [6.45, 7) is 4.54. The van der Waals surface area contributed by atoms with Crippen molar-refractivity contribution in [2.75, 3.05) is 13.2 Å². The molecule has 0 N–H and O–H groups in total. The fourth-order valence-electron chi connectivity index (χ4n) is 4.61. The zero-order valence-corrected chi connectivity index (χ0v) is 21.0. The van der Waals surface area contributed by atoms with Crippen LogP contribution in [0.1, 0.15) is 27.3 Å². The molecule has 0 aliphatic carbocycles. The van der Waals surface area contributed by atoms with E-state index in [1.807, 2.05) is 103 Å². The second kappa shape index (κ2) is 10.7. The Morgan fingerprint density at radius 1 is 0.892 bits per heavy atom. The average Bonchev–Trinajstić information content (AvgIpc) is 3.21. The monoisotopic (exact) mass is 495 g/mol. The van der Waals surface area contributed by atoms with E-state index in [2.05, 4.69) is 0 Å². The number of benzene rings is 3. The number of fused-ring (bicyclic) bond motifs is 1. The predicted molar refractivity (Wildman–Crippen MR) is 141 cm³/mol. The first-order valence-corrected chi connectivity index (χ1v) is 12.4. The van der Waals surface area contributed by atoms with E-state index in [1.165, 1.54) is 0 Å². The van der Waals surface area contributed by atoms with Gasteiger partial charge >= 0.3 is 5.97 Å². The van der Waals surface area contributed by atoms with E-state index in [0.717, 1.165) is 39.6 Å². The summed E-state index contributed by atoms with van der Waals surface area (Å²) in [7, 11) is 0. The molecule has 6 nitrogen and oxygen atoms in total. The Bertz CT molecular complexity index is 1410. The van der Waals surface area contributed by atoms with E-state index in [0.29, 0.717) is 18.7 Å². The van der Waals surface area contributed by atoms with Crippen LogP contribution in [0.2, 0.25) is 0 Å². The van der Waals surface area contributed by atoms with Crippen molar-refractivity contribution in [3.63, 3.8) is 0 Å². The van der Waals surface area contributed by atoms with Crippen molar-refractivity contribution >= 4 is 11.8 Å². The summed E-state index contributed by atoms with van der Waals surface area (Å²) in [5.41, 5.74) is 5.34. The molecule has 0 spiro atoms. The second-order valence-electron chi connectivity index (χ2n) is 9.22. The van der Waals surface area contributed by atoms with Gasteiger partial charge in [0.1, 0.15) is 6.61 Å². The molecule has 0 amide bonds. The van der Waals surface area contributed by atoms with Crippen molar-refractivity contribution < 1.29 is 23.8 Å². The van der Waals surface area contributed by atoms with E-state index in [4.69, 9.17) is 14.2 Å². The third kappa shape index (κ3) is 5.59. The highest BCUT2D eigenvalue weighted by Crippen LogP contribution is 2.31. The van der Waals surface area contributed by atoms with Crippen LogP contribution in [0.5, 0.6) is 11.5 Å². The molecule has 2 heterocycles. The van der Waals surface area contributed by atoms with Gasteiger partial charge in [0.15, 0.2) is 24.2 Å². The van der Waals surface area contributed by atoms with E-state index >= 15 is 0 Å². The topological polar surface area (TPSA) is 66.8 Å². The van der Waals surface area contributed by atoms with Crippen molar-refractivity contribution in [3.8, 4) is 22.6 Å². The lowest BCUT2D eigenvalue weighted by Gasteiger charge is -2.27. The van der Waals surface area contributed by atoms with Crippen LogP contribution in [-0.2, 0) is 22.5 Å². The Balaban J connectivity index is 1.16. The number of ketones is 1. The van der Waals surface area contributed by atoms with Gasteiger partial charge in [-0.15, -0.1) is 0 Å². The molecule has 37 heavy (non-hydrogen) atoms. The molecule has 4 aromatic rings. The summed E-state index contributed by atoms with van der Waals surface area (Å²) in [5.74, 6) is 0.808.